The van der Waals surface area contributed by atoms with Crippen molar-refractivity contribution in [3.63, 3.8) is 0 Å². The first-order valence-corrected chi connectivity index (χ1v) is 3.36. The first kappa shape index (κ1) is 7.91. The predicted molar refractivity (Wildman–Crippen MR) is 38.9 cm³/mol. The van der Waals surface area contributed by atoms with E-state index in [1.807, 2.05) is 18.8 Å². The van der Waals surface area contributed by atoms with Crippen LogP contribution in [0.5, 0.6) is 0 Å². The van der Waals surface area contributed by atoms with Crippen LogP contribution in [0.2, 0.25) is 0 Å². The summed E-state index contributed by atoms with van der Waals surface area (Å²) in [7, 11) is 0. The second-order valence-corrected chi connectivity index (χ2v) is 2.60. The van der Waals surface area contributed by atoms with Gasteiger partial charge in [0.05, 0.1) is 11.9 Å². The van der Waals surface area contributed by atoms with Crippen LogP contribution < -0.4 is 5.56 Å². The maximum absolute atomic E-state index is 12.8. The van der Waals surface area contributed by atoms with Crippen LogP contribution in [0.1, 0.15) is 25.5 Å². The third kappa shape index (κ3) is 1.63. The monoisotopic (exact) mass is 156 g/mol. The molecule has 1 heterocycles. The molecular weight excluding hydrogens is 147 g/mol. The summed E-state index contributed by atoms with van der Waals surface area (Å²) < 4.78 is 12.8. The minimum atomic E-state index is -0.632. The minimum absolute atomic E-state index is 0.00755. The minimum Gasteiger partial charge on any atom is -0.296 e. The van der Waals surface area contributed by atoms with Gasteiger partial charge in [-0.15, -0.1) is 0 Å². The van der Waals surface area contributed by atoms with Gasteiger partial charge in [0.1, 0.15) is 0 Å². The Kier molecular flexibility index (Phi) is 2.03. The Morgan fingerprint density at radius 1 is 1.64 bits per heavy atom. The topological polar surface area (TPSA) is 45.8 Å². The molecule has 0 unspecified atom stereocenters. The summed E-state index contributed by atoms with van der Waals surface area (Å²) >= 11 is 0. The normalized spacial score (nSPS) is 10.5. The Hall–Kier alpha value is -1.19. The molecule has 0 amide bonds. The van der Waals surface area contributed by atoms with Crippen molar-refractivity contribution in [3.05, 3.63) is 28.2 Å². The summed E-state index contributed by atoms with van der Waals surface area (Å²) in [6.07, 6.45) is 1.08. The Morgan fingerprint density at radius 2 is 2.27 bits per heavy atom. The Balaban J connectivity index is 3.20. The molecule has 1 aromatic heterocycles. The van der Waals surface area contributed by atoms with Crippen molar-refractivity contribution in [2.45, 2.75) is 19.8 Å². The zero-order chi connectivity index (χ0) is 8.43. The summed E-state index contributed by atoms with van der Waals surface area (Å²) in [5, 5.41) is 0. The van der Waals surface area contributed by atoms with Crippen molar-refractivity contribution >= 4 is 0 Å². The lowest BCUT2D eigenvalue weighted by atomic mass is 10.1. The highest BCUT2D eigenvalue weighted by atomic mass is 19.1. The fourth-order valence-electron chi connectivity index (χ4n) is 0.792. The number of rotatable bonds is 1. The fraction of sp³-hybridized carbons (Fsp3) is 0.429. The van der Waals surface area contributed by atoms with Crippen LogP contribution in [-0.2, 0) is 0 Å². The standard InChI is InChI=1S/C7H9FN2O/c1-4(2)6-7(8)10-5(11)3-9-6/h3-4H,1-2H3,(H,10,11). The molecular formula is C7H9FN2O. The molecule has 60 valence electrons. The lowest BCUT2D eigenvalue weighted by Gasteiger charge is -2.02. The zero-order valence-corrected chi connectivity index (χ0v) is 6.39. The maximum Gasteiger partial charge on any atom is 0.268 e. The molecule has 0 saturated heterocycles. The van der Waals surface area contributed by atoms with Gasteiger partial charge in [-0.05, 0) is 0 Å². The lowest BCUT2D eigenvalue weighted by molar-refractivity contribution is 0.538. The van der Waals surface area contributed by atoms with Crippen LogP contribution in [0.3, 0.4) is 0 Å². The summed E-state index contributed by atoms with van der Waals surface area (Å²) in [5.74, 6) is -0.639. The Morgan fingerprint density at radius 3 is 2.73 bits per heavy atom. The third-order valence-corrected chi connectivity index (χ3v) is 1.33. The van der Waals surface area contributed by atoms with Crippen molar-refractivity contribution in [1.29, 1.82) is 0 Å². The van der Waals surface area contributed by atoms with Gasteiger partial charge in [-0.1, -0.05) is 13.8 Å². The van der Waals surface area contributed by atoms with Crippen molar-refractivity contribution in [3.8, 4) is 0 Å². The van der Waals surface area contributed by atoms with Crippen LogP contribution in [-0.4, -0.2) is 9.97 Å². The molecule has 3 nitrogen and oxygen atoms in total. The molecule has 0 fully saturated rings. The van der Waals surface area contributed by atoms with E-state index in [2.05, 4.69) is 4.98 Å². The van der Waals surface area contributed by atoms with E-state index in [9.17, 15) is 9.18 Å². The molecule has 0 saturated carbocycles. The van der Waals surface area contributed by atoms with Crippen LogP contribution in [0.25, 0.3) is 0 Å². The molecule has 0 aliphatic rings. The highest BCUT2D eigenvalue weighted by Gasteiger charge is 2.07. The van der Waals surface area contributed by atoms with Gasteiger partial charge >= 0.3 is 0 Å². The van der Waals surface area contributed by atoms with Gasteiger partial charge in [0, 0.05) is 5.92 Å². The summed E-state index contributed by atoms with van der Waals surface area (Å²) in [6.45, 7) is 3.62. The Labute approximate surface area is 63.3 Å². The molecule has 0 radical (unpaired) electrons. The first-order chi connectivity index (χ1) is 5.11. The van der Waals surface area contributed by atoms with Gasteiger partial charge < -0.3 is 0 Å². The van der Waals surface area contributed by atoms with E-state index >= 15 is 0 Å². The summed E-state index contributed by atoms with van der Waals surface area (Å²) in [6, 6.07) is 0. The van der Waals surface area contributed by atoms with E-state index in [0.29, 0.717) is 5.69 Å². The summed E-state index contributed by atoms with van der Waals surface area (Å²) in [5.41, 5.74) is -0.212. The average molecular weight is 156 g/mol. The van der Waals surface area contributed by atoms with E-state index in [-0.39, 0.29) is 5.92 Å². The van der Waals surface area contributed by atoms with Crippen molar-refractivity contribution < 1.29 is 4.39 Å². The maximum atomic E-state index is 12.8. The number of hydrogen-bond acceptors (Lipinski definition) is 2. The van der Waals surface area contributed by atoms with Crippen molar-refractivity contribution in [2.24, 2.45) is 0 Å². The number of aromatic amines is 1. The second-order valence-electron chi connectivity index (χ2n) is 2.60. The molecule has 4 heteroatoms. The van der Waals surface area contributed by atoms with Gasteiger partial charge in [-0.3, -0.25) is 14.8 Å². The zero-order valence-electron chi connectivity index (χ0n) is 6.39. The number of nitrogens with one attached hydrogen (secondary N) is 1. The number of nitrogens with zero attached hydrogens (tertiary/aromatic N) is 1. The highest BCUT2D eigenvalue weighted by molar-refractivity contribution is 5.02. The smallest absolute Gasteiger partial charge is 0.268 e. The predicted octanol–water partition coefficient (Wildman–Crippen LogP) is 1.03. The lowest BCUT2D eigenvalue weighted by Crippen LogP contribution is -2.12. The van der Waals surface area contributed by atoms with Gasteiger partial charge in [0.25, 0.3) is 5.56 Å². The molecule has 1 N–H and O–H groups in total. The van der Waals surface area contributed by atoms with Crippen molar-refractivity contribution in [1.82, 2.24) is 9.97 Å². The number of halogens is 1. The summed E-state index contributed by atoms with van der Waals surface area (Å²) in [4.78, 5) is 16.2. The number of H-pyrrole nitrogens is 1. The van der Waals surface area contributed by atoms with E-state index in [1.165, 1.54) is 0 Å². The van der Waals surface area contributed by atoms with Crippen LogP contribution in [0.4, 0.5) is 4.39 Å². The largest absolute Gasteiger partial charge is 0.296 e. The Bertz CT molecular complexity index is 306. The van der Waals surface area contributed by atoms with E-state index in [4.69, 9.17) is 0 Å². The molecule has 11 heavy (non-hydrogen) atoms. The number of hydrogen-bond donors (Lipinski definition) is 1. The third-order valence-electron chi connectivity index (χ3n) is 1.33. The molecule has 0 bridgehead atoms. The van der Waals surface area contributed by atoms with Gasteiger partial charge in [0.15, 0.2) is 0 Å². The van der Waals surface area contributed by atoms with Crippen LogP contribution in [0.15, 0.2) is 11.0 Å². The molecule has 0 aromatic carbocycles. The molecule has 1 aromatic rings. The van der Waals surface area contributed by atoms with E-state index in [1.54, 1.807) is 0 Å². The first-order valence-electron chi connectivity index (χ1n) is 3.36. The van der Waals surface area contributed by atoms with Crippen LogP contribution >= 0.6 is 0 Å². The van der Waals surface area contributed by atoms with Crippen LogP contribution in [0, 0.1) is 5.95 Å². The molecule has 0 atom stereocenters. The average Bonchev–Trinajstić information content (AvgIpc) is 1.85. The molecule has 1 rings (SSSR count). The molecule has 0 spiro atoms. The quantitative estimate of drug-likeness (QED) is 0.660. The second kappa shape index (κ2) is 2.82. The van der Waals surface area contributed by atoms with E-state index < -0.39 is 11.5 Å². The molecule has 0 aliphatic carbocycles. The fourth-order valence-corrected chi connectivity index (χ4v) is 0.792. The molecule has 0 aliphatic heterocycles. The van der Waals surface area contributed by atoms with Crippen molar-refractivity contribution in [2.75, 3.05) is 0 Å². The highest BCUT2D eigenvalue weighted by Crippen LogP contribution is 2.10. The number of aromatic nitrogens is 2. The van der Waals surface area contributed by atoms with Gasteiger partial charge in [-0.25, -0.2) is 0 Å². The van der Waals surface area contributed by atoms with Gasteiger partial charge in [0.2, 0.25) is 5.95 Å². The van der Waals surface area contributed by atoms with E-state index in [0.717, 1.165) is 6.20 Å². The SMILES string of the molecule is CC(C)c1ncc(=O)[nH]c1F. The van der Waals surface area contributed by atoms with Gasteiger partial charge in [-0.2, -0.15) is 4.39 Å².